The minimum atomic E-state index is -2.63. The third-order valence-electron chi connectivity index (χ3n) is 2.79. The number of hydrogen-bond donors (Lipinski definition) is 1. The smallest absolute Gasteiger partial charge is 0.281 e. The average Bonchev–Trinajstić information content (AvgIpc) is 3.12. The fourth-order valence-corrected chi connectivity index (χ4v) is 4.30. The molecule has 0 spiro atoms. The molecule has 1 aromatic rings. The molecule has 6 nitrogen and oxygen atoms in total. The van der Waals surface area contributed by atoms with Crippen LogP contribution in [0.4, 0.5) is 5.95 Å². The zero-order valence-corrected chi connectivity index (χ0v) is 9.97. The third-order valence-corrected chi connectivity index (χ3v) is 5.71. The lowest BCUT2D eigenvalue weighted by Gasteiger charge is -2.21. The first kappa shape index (κ1) is 10.2. The molecule has 1 aromatic heterocycles. The Hall–Kier alpha value is -0.970. The lowest BCUT2D eigenvalue weighted by Crippen LogP contribution is -2.15. The van der Waals surface area contributed by atoms with Gasteiger partial charge in [-0.3, -0.25) is 9.65 Å². The Labute approximate surface area is 94.2 Å². The summed E-state index contributed by atoms with van der Waals surface area (Å²) in [6, 6.07) is 2.13. The monoisotopic (exact) mass is 239 g/mol. The van der Waals surface area contributed by atoms with Crippen LogP contribution >= 0.6 is 7.59 Å². The second-order valence-corrected chi connectivity index (χ2v) is 6.54. The molecular weight excluding hydrogens is 225 g/mol. The third kappa shape index (κ3) is 1.73. The Kier molecular flexibility index (Phi) is 2.24. The molecule has 7 heteroatoms. The minimum absolute atomic E-state index is 0.391. The second-order valence-electron chi connectivity index (χ2n) is 4.15. The maximum atomic E-state index is 12.8. The first-order valence-corrected chi connectivity index (χ1v) is 6.99. The van der Waals surface area contributed by atoms with E-state index in [4.69, 9.17) is 0 Å². The standard InChI is InChI=1S/C9H14N5OP/c1-8-7-14(8)16(15,13-5-6-13)12-9-10-3-2-4-11-9/h2-4,8H,5-7H2,1H3,(H,10,11,12,15)/t8-,14?,16-/m1/s1. The van der Waals surface area contributed by atoms with Gasteiger partial charge in [0, 0.05) is 38.1 Å². The van der Waals surface area contributed by atoms with E-state index in [1.165, 1.54) is 0 Å². The zero-order chi connectivity index (χ0) is 11.2. The molecule has 1 unspecified atom stereocenters. The van der Waals surface area contributed by atoms with Gasteiger partial charge >= 0.3 is 7.59 Å². The largest absolute Gasteiger partial charge is 0.311 e. The van der Waals surface area contributed by atoms with Gasteiger partial charge in [-0.25, -0.2) is 19.3 Å². The van der Waals surface area contributed by atoms with Crippen molar-refractivity contribution in [1.82, 2.24) is 19.3 Å². The number of nitrogens with one attached hydrogen (secondary N) is 1. The molecule has 2 aliphatic rings. The summed E-state index contributed by atoms with van der Waals surface area (Å²) in [6.07, 6.45) is 3.29. The van der Waals surface area contributed by atoms with Gasteiger partial charge in [-0.15, -0.1) is 0 Å². The highest BCUT2D eigenvalue weighted by Gasteiger charge is 2.52. The van der Waals surface area contributed by atoms with Crippen LogP contribution in [0.15, 0.2) is 18.5 Å². The fraction of sp³-hybridized carbons (Fsp3) is 0.556. The highest BCUT2D eigenvalue weighted by molar-refractivity contribution is 7.61. The van der Waals surface area contributed by atoms with E-state index >= 15 is 0 Å². The predicted molar refractivity (Wildman–Crippen MR) is 61.0 cm³/mol. The van der Waals surface area contributed by atoms with E-state index in [2.05, 4.69) is 22.0 Å². The summed E-state index contributed by atoms with van der Waals surface area (Å²) < 4.78 is 16.7. The first-order chi connectivity index (χ1) is 7.70. The molecule has 16 heavy (non-hydrogen) atoms. The maximum absolute atomic E-state index is 12.8. The molecule has 0 amide bonds. The first-order valence-electron chi connectivity index (χ1n) is 5.38. The van der Waals surface area contributed by atoms with E-state index in [0.29, 0.717) is 12.0 Å². The lowest BCUT2D eigenvalue weighted by molar-refractivity contribution is 0.517. The van der Waals surface area contributed by atoms with Crippen molar-refractivity contribution in [1.29, 1.82) is 0 Å². The molecule has 1 N–H and O–H groups in total. The van der Waals surface area contributed by atoms with Crippen LogP contribution in [0.1, 0.15) is 6.92 Å². The van der Waals surface area contributed by atoms with Crippen LogP contribution in [-0.4, -0.2) is 45.0 Å². The Bertz CT molecular complexity index is 435. The van der Waals surface area contributed by atoms with Crippen LogP contribution in [0.2, 0.25) is 0 Å². The van der Waals surface area contributed by atoms with Crippen LogP contribution in [0.3, 0.4) is 0 Å². The van der Waals surface area contributed by atoms with Gasteiger partial charge in [-0.1, -0.05) is 0 Å². The van der Waals surface area contributed by atoms with Crippen LogP contribution in [0.5, 0.6) is 0 Å². The van der Waals surface area contributed by atoms with Gasteiger partial charge in [0.05, 0.1) is 0 Å². The molecular formula is C9H14N5OP. The minimum Gasteiger partial charge on any atom is -0.281 e. The van der Waals surface area contributed by atoms with Gasteiger partial charge in [0.1, 0.15) is 0 Å². The highest BCUT2D eigenvalue weighted by atomic mass is 31.2. The van der Waals surface area contributed by atoms with Crippen molar-refractivity contribution in [3.05, 3.63) is 18.5 Å². The maximum Gasteiger partial charge on any atom is 0.311 e. The quantitative estimate of drug-likeness (QED) is 0.625. The van der Waals surface area contributed by atoms with Gasteiger partial charge in [-0.2, -0.15) is 0 Å². The van der Waals surface area contributed by atoms with Crippen LogP contribution in [0, 0.1) is 0 Å². The molecule has 0 saturated carbocycles. The summed E-state index contributed by atoms with van der Waals surface area (Å²) in [5.41, 5.74) is 0. The molecule has 0 aliphatic carbocycles. The van der Waals surface area contributed by atoms with Crippen molar-refractivity contribution < 1.29 is 4.57 Å². The molecule has 0 bridgehead atoms. The van der Waals surface area contributed by atoms with E-state index in [-0.39, 0.29) is 0 Å². The summed E-state index contributed by atoms with van der Waals surface area (Å²) in [5, 5.41) is 2.99. The summed E-state index contributed by atoms with van der Waals surface area (Å²) in [6.45, 7) is 4.73. The molecule has 2 saturated heterocycles. The molecule has 3 rings (SSSR count). The van der Waals surface area contributed by atoms with Crippen molar-refractivity contribution in [2.24, 2.45) is 0 Å². The summed E-state index contributed by atoms with van der Waals surface area (Å²) in [5.74, 6) is 0.442. The molecule has 0 radical (unpaired) electrons. The van der Waals surface area contributed by atoms with Gasteiger partial charge in [-0.05, 0) is 13.0 Å². The predicted octanol–water partition coefficient (Wildman–Crippen LogP) is 1.02. The summed E-state index contributed by atoms with van der Waals surface area (Å²) in [4.78, 5) is 8.12. The zero-order valence-electron chi connectivity index (χ0n) is 9.08. The van der Waals surface area contributed by atoms with E-state index < -0.39 is 7.59 Å². The topological polar surface area (TPSA) is 60.9 Å². The average molecular weight is 239 g/mol. The normalized spacial score (nSPS) is 31.8. The van der Waals surface area contributed by atoms with Crippen molar-refractivity contribution in [3.63, 3.8) is 0 Å². The van der Waals surface area contributed by atoms with Crippen LogP contribution < -0.4 is 5.09 Å². The Balaban J connectivity index is 1.82. The number of nitrogens with zero attached hydrogens (tertiary/aromatic N) is 4. The number of rotatable bonds is 4. The van der Waals surface area contributed by atoms with E-state index in [1.54, 1.807) is 18.5 Å². The molecule has 3 atom stereocenters. The summed E-state index contributed by atoms with van der Waals surface area (Å²) in [7, 11) is -2.63. The van der Waals surface area contributed by atoms with E-state index in [0.717, 1.165) is 19.6 Å². The van der Waals surface area contributed by atoms with Crippen molar-refractivity contribution in [2.75, 3.05) is 24.7 Å². The Morgan fingerprint density at radius 3 is 2.56 bits per heavy atom. The number of anilines is 1. The number of hydrogen-bond acceptors (Lipinski definition) is 3. The number of aromatic nitrogens is 2. The van der Waals surface area contributed by atoms with Gasteiger partial charge in [0.2, 0.25) is 5.95 Å². The Morgan fingerprint density at radius 1 is 1.44 bits per heavy atom. The summed E-state index contributed by atoms with van der Waals surface area (Å²) >= 11 is 0. The van der Waals surface area contributed by atoms with Gasteiger partial charge in [0.15, 0.2) is 0 Å². The van der Waals surface area contributed by atoms with Crippen molar-refractivity contribution in [2.45, 2.75) is 13.0 Å². The van der Waals surface area contributed by atoms with Gasteiger partial charge in [0.25, 0.3) is 0 Å². The Morgan fingerprint density at radius 2 is 2.06 bits per heavy atom. The molecule has 3 heterocycles. The molecule has 0 aromatic carbocycles. The van der Waals surface area contributed by atoms with Crippen molar-refractivity contribution in [3.8, 4) is 0 Å². The lowest BCUT2D eigenvalue weighted by atomic mass is 10.6. The van der Waals surface area contributed by atoms with Gasteiger partial charge < -0.3 is 0 Å². The molecule has 2 fully saturated rings. The highest BCUT2D eigenvalue weighted by Crippen LogP contribution is 2.61. The van der Waals surface area contributed by atoms with E-state index in [1.807, 2.05) is 9.34 Å². The molecule has 2 aliphatic heterocycles. The van der Waals surface area contributed by atoms with Crippen LogP contribution in [-0.2, 0) is 4.57 Å². The van der Waals surface area contributed by atoms with E-state index in [9.17, 15) is 4.57 Å². The SMILES string of the molecule is C[C@@H]1CN1[P@@](=O)(Nc1ncccn1)N1CC1. The van der Waals surface area contributed by atoms with Crippen LogP contribution in [0.25, 0.3) is 0 Å². The fourth-order valence-electron chi connectivity index (χ4n) is 1.70. The molecule has 86 valence electrons. The van der Waals surface area contributed by atoms with Crippen molar-refractivity contribution >= 4 is 13.5 Å². The second kappa shape index (κ2) is 3.52.